The van der Waals surface area contributed by atoms with Gasteiger partial charge in [0, 0.05) is 31.6 Å². The smallest absolute Gasteiger partial charge is 0.0797 e. The number of nitrogens with zero attached hydrogens (tertiary/aromatic N) is 3. The van der Waals surface area contributed by atoms with Crippen LogP contribution in [0.25, 0.3) is 0 Å². The molecular weight excluding hydrogens is 224 g/mol. The van der Waals surface area contributed by atoms with E-state index in [4.69, 9.17) is 0 Å². The highest BCUT2D eigenvalue weighted by Crippen LogP contribution is 2.15. The molecule has 2 rings (SSSR count). The molecule has 0 aliphatic carbocycles. The monoisotopic (exact) mass is 244 g/mol. The van der Waals surface area contributed by atoms with E-state index in [9.17, 15) is 0 Å². The molecule has 2 aromatic heterocycles. The van der Waals surface area contributed by atoms with Crippen molar-refractivity contribution >= 4 is 0 Å². The second-order valence-corrected chi connectivity index (χ2v) is 4.45. The van der Waals surface area contributed by atoms with Crippen LogP contribution in [0.1, 0.15) is 30.8 Å². The van der Waals surface area contributed by atoms with Gasteiger partial charge in [-0.1, -0.05) is 13.0 Å². The summed E-state index contributed by atoms with van der Waals surface area (Å²) in [6.07, 6.45) is 5.81. The highest BCUT2D eigenvalue weighted by atomic mass is 15.3. The Morgan fingerprint density at radius 2 is 2.22 bits per heavy atom. The second kappa shape index (κ2) is 6.31. The van der Waals surface area contributed by atoms with Crippen LogP contribution in [0.15, 0.2) is 36.7 Å². The third-order valence-corrected chi connectivity index (χ3v) is 2.87. The number of hydrogen-bond acceptors (Lipinski definition) is 3. The molecule has 1 N–H and O–H groups in total. The molecule has 0 aliphatic rings. The number of aryl methyl sites for hydroxylation is 1. The molecule has 0 aliphatic heterocycles. The molecule has 0 aromatic carbocycles. The normalized spacial score (nSPS) is 12.6. The number of pyridine rings is 1. The third-order valence-electron chi connectivity index (χ3n) is 2.87. The Labute approximate surface area is 108 Å². The molecular formula is C14H20N4. The summed E-state index contributed by atoms with van der Waals surface area (Å²) in [7, 11) is 1.95. The van der Waals surface area contributed by atoms with Crippen LogP contribution < -0.4 is 5.32 Å². The average Bonchev–Trinajstić information content (AvgIpc) is 2.82. The minimum Gasteiger partial charge on any atom is -0.308 e. The van der Waals surface area contributed by atoms with Crippen molar-refractivity contribution in [2.75, 3.05) is 6.54 Å². The van der Waals surface area contributed by atoms with Gasteiger partial charge in [-0.15, -0.1) is 0 Å². The molecule has 0 amide bonds. The van der Waals surface area contributed by atoms with Crippen molar-refractivity contribution in [2.45, 2.75) is 25.8 Å². The van der Waals surface area contributed by atoms with Gasteiger partial charge >= 0.3 is 0 Å². The zero-order valence-electron chi connectivity index (χ0n) is 11.0. The van der Waals surface area contributed by atoms with E-state index in [2.05, 4.69) is 34.5 Å². The minimum atomic E-state index is 0.237. The third kappa shape index (κ3) is 3.40. The lowest BCUT2D eigenvalue weighted by Gasteiger charge is -2.16. The van der Waals surface area contributed by atoms with Gasteiger partial charge in [0.05, 0.1) is 11.7 Å². The van der Waals surface area contributed by atoms with E-state index in [-0.39, 0.29) is 6.04 Å². The number of hydrogen-bond donors (Lipinski definition) is 1. The van der Waals surface area contributed by atoms with E-state index in [0.29, 0.717) is 0 Å². The summed E-state index contributed by atoms with van der Waals surface area (Å²) in [5, 5.41) is 8.02. The SMILES string of the molecule is CCCNC(Cc1ccccn1)c1ccn(C)n1. The van der Waals surface area contributed by atoms with Crippen molar-refractivity contribution < 1.29 is 0 Å². The molecule has 0 spiro atoms. The van der Waals surface area contributed by atoms with Crippen molar-refractivity contribution in [2.24, 2.45) is 7.05 Å². The standard InChI is InChI=1S/C14H20N4/c1-3-8-16-14(13-7-10-18(2)17-13)11-12-6-4-5-9-15-12/h4-7,9-10,14,16H,3,8,11H2,1-2H3. The molecule has 0 saturated carbocycles. The van der Waals surface area contributed by atoms with E-state index in [1.54, 1.807) is 0 Å². The maximum absolute atomic E-state index is 4.49. The van der Waals surface area contributed by atoms with Crippen molar-refractivity contribution in [3.05, 3.63) is 48.0 Å². The summed E-state index contributed by atoms with van der Waals surface area (Å²) in [5.41, 5.74) is 2.17. The quantitative estimate of drug-likeness (QED) is 0.846. The van der Waals surface area contributed by atoms with Gasteiger partial charge in [0.1, 0.15) is 0 Å². The van der Waals surface area contributed by atoms with Crippen LogP contribution in [0.5, 0.6) is 0 Å². The maximum Gasteiger partial charge on any atom is 0.0797 e. The van der Waals surface area contributed by atoms with Gasteiger partial charge in [0.2, 0.25) is 0 Å². The van der Waals surface area contributed by atoms with E-state index in [1.165, 1.54) is 0 Å². The first-order valence-corrected chi connectivity index (χ1v) is 6.42. The van der Waals surface area contributed by atoms with Gasteiger partial charge in [-0.05, 0) is 31.2 Å². The van der Waals surface area contributed by atoms with Gasteiger partial charge in [-0.3, -0.25) is 9.67 Å². The zero-order chi connectivity index (χ0) is 12.8. The lowest BCUT2D eigenvalue weighted by atomic mass is 10.1. The molecule has 2 aromatic rings. The zero-order valence-corrected chi connectivity index (χ0v) is 11.0. The Morgan fingerprint density at radius 1 is 1.33 bits per heavy atom. The van der Waals surface area contributed by atoms with Crippen LogP contribution in [0.2, 0.25) is 0 Å². The summed E-state index contributed by atoms with van der Waals surface area (Å²) < 4.78 is 1.84. The molecule has 1 atom stereocenters. The lowest BCUT2D eigenvalue weighted by Crippen LogP contribution is -2.25. The van der Waals surface area contributed by atoms with Crippen molar-refractivity contribution in [1.82, 2.24) is 20.1 Å². The van der Waals surface area contributed by atoms with Crippen molar-refractivity contribution in [3.63, 3.8) is 0 Å². The predicted octanol–water partition coefficient (Wildman–Crippen LogP) is 2.10. The topological polar surface area (TPSA) is 42.7 Å². The maximum atomic E-state index is 4.49. The molecule has 0 bridgehead atoms. The molecule has 96 valence electrons. The highest BCUT2D eigenvalue weighted by Gasteiger charge is 2.14. The Kier molecular flexibility index (Phi) is 4.47. The van der Waals surface area contributed by atoms with Gasteiger partial charge in [-0.25, -0.2) is 0 Å². The van der Waals surface area contributed by atoms with Crippen LogP contribution in [-0.2, 0) is 13.5 Å². The molecule has 18 heavy (non-hydrogen) atoms. The summed E-state index contributed by atoms with van der Waals surface area (Å²) in [6, 6.07) is 8.33. The minimum absolute atomic E-state index is 0.237. The molecule has 1 unspecified atom stereocenters. The fraction of sp³-hybridized carbons (Fsp3) is 0.429. The molecule has 0 saturated heterocycles. The van der Waals surface area contributed by atoms with Crippen molar-refractivity contribution in [1.29, 1.82) is 0 Å². The molecule has 4 nitrogen and oxygen atoms in total. The van der Waals surface area contributed by atoms with Crippen LogP contribution in [0.3, 0.4) is 0 Å². The Morgan fingerprint density at radius 3 is 2.83 bits per heavy atom. The Balaban J connectivity index is 2.10. The summed E-state index contributed by atoms with van der Waals surface area (Å²) >= 11 is 0. The molecule has 0 fully saturated rings. The highest BCUT2D eigenvalue weighted by molar-refractivity contribution is 5.12. The summed E-state index contributed by atoms with van der Waals surface area (Å²) in [4.78, 5) is 4.38. The van der Waals surface area contributed by atoms with Crippen LogP contribution in [-0.4, -0.2) is 21.3 Å². The van der Waals surface area contributed by atoms with E-state index in [0.717, 1.165) is 30.8 Å². The lowest BCUT2D eigenvalue weighted by molar-refractivity contribution is 0.506. The predicted molar refractivity (Wildman–Crippen MR) is 72.2 cm³/mol. The number of aromatic nitrogens is 3. The fourth-order valence-corrected chi connectivity index (χ4v) is 1.95. The first-order chi connectivity index (χ1) is 8.79. The Hall–Kier alpha value is -1.68. The molecule has 4 heteroatoms. The average molecular weight is 244 g/mol. The van der Waals surface area contributed by atoms with E-state index >= 15 is 0 Å². The van der Waals surface area contributed by atoms with Gasteiger partial charge in [-0.2, -0.15) is 5.10 Å². The van der Waals surface area contributed by atoms with Gasteiger partial charge in [0.25, 0.3) is 0 Å². The van der Waals surface area contributed by atoms with Crippen LogP contribution >= 0.6 is 0 Å². The largest absolute Gasteiger partial charge is 0.308 e. The fourth-order valence-electron chi connectivity index (χ4n) is 1.95. The summed E-state index contributed by atoms with van der Waals surface area (Å²) in [6.45, 7) is 3.16. The van der Waals surface area contributed by atoms with Gasteiger partial charge in [0.15, 0.2) is 0 Å². The first kappa shape index (κ1) is 12.8. The van der Waals surface area contributed by atoms with E-state index < -0.39 is 0 Å². The molecule has 2 heterocycles. The van der Waals surface area contributed by atoms with Gasteiger partial charge < -0.3 is 5.32 Å². The summed E-state index contributed by atoms with van der Waals surface area (Å²) in [5.74, 6) is 0. The van der Waals surface area contributed by atoms with E-state index in [1.807, 2.05) is 36.3 Å². The van der Waals surface area contributed by atoms with Crippen LogP contribution in [0.4, 0.5) is 0 Å². The first-order valence-electron chi connectivity index (χ1n) is 6.42. The number of rotatable bonds is 6. The second-order valence-electron chi connectivity index (χ2n) is 4.45. The number of nitrogens with one attached hydrogen (secondary N) is 1. The molecule has 0 radical (unpaired) electrons. The van der Waals surface area contributed by atoms with Crippen molar-refractivity contribution in [3.8, 4) is 0 Å². The Bertz CT molecular complexity index is 464. The van der Waals surface area contributed by atoms with Crippen LogP contribution in [0, 0.1) is 0 Å².